The number of hydrogen-bond donors (Lipinski definition) is 0. The maximum atomic E-state index is 4.85. The third-order valence-electron chi connectivity index (χ3n) is 5.74. The van der Waals surface area contributed by atoms with Crippen molar-refractivity contribution < 1.29 is 4.57 Å². The fourth-order valence-electron chi connectivity index (χ4n) is 4.05. The Labute approximate surface area is 173 Å². The van der Waals surface area contributed by atoms with Crippen LogP contribution in [0.3, 0.4) is 0 Å². The average Bonchev–Trinajstić information content (AvgIpc) is 2.70. The number of rotatable bonds is 3. The van der Waals surface area contributed by atoms with Crippen LogP contribution in [0.5, 0.6) is 0 Å². The van der Waals surface area contributed by atoms with E-state index in [2.05, 4.69) is 88.8 Å². The van der Waals surface area contributed by atoms with Gasteiger partial charge in [-0.15, -0.1) is 0 Å². The van der Waals surface area contributed by atoms with E-state index in [1.165, 1.54) is 38.7 Å². The van der Waals surface area contributed by atoms with Crippen LogP contribution in [0.25, 0.3) is 33.3 Å². The molecule has 0 saturated carbocycles. The zero-order valence-corrected chi connectivity index (χ0v) is 18.1. The fraction of sp³-hybridized carbons (Fsp3) is 0.269. The van der Waals surface area contributed by atoms with Crippen LogP contribution >= 0.6 is 0 Å². The van der Waals surface area contributed by atoms with Gasteiger partial charge in [0.2, 0.25) is 5.69 Å². The van der Waals surface area contributed by atoms with E-state index in [0.717, 1.165) is 17.0 Å². The van der Waals surface area contributed by atoms with Crippen molar-refractivity contribution in [3.8, 4) is 22.5 Å². The molecule has 0 amide bonds. The van der Waals surface area contributed by atoms with Gasteiger partial charge in [-0.3, -0.25) is 9.97 Å². The Morgan fingerprint density at radius 3 is 2.38 bits per heavy atom. The van der Waals surface area contributed by atoms with E-state index < -0.39 is 0 Å². The second-order valence-electron chi connectivity index (χ2n) is 8.29. The predicted octanol–water partition coefficient (Wildman–Crippen LogP) is 5.84. The first-order valence-corrected chi connectivity index (χ1v) is 10.2. The van der Waals surface area contributed by atoms with E-state index in [4.69, 9.17) is 9.97 Å². The molecule has 146 valence electrons. The minimum Gasteiger partial charge on any atom is -0.257 e. The van der Waals surface area contributed by atoms with E-state index in [0.29, 0.717) is 5.92 Å². The first-order valence-electron chi connectivity index (χ1n) is 10.2. The van der Waals surface area contributed by atoms with Crippen LogP contribution in [0.15, 0.2) is 55.0 Å². The molecule has 2 aromatic heterocycles. The van der Waals surface area contributed by atoms with Crippen molar-refractivity contribution in [3.05, 3.63) is 77.4 Å². The highest BCUT2D eigenvalue weighted by atomic mass is 14.9. The Morgan fingerprint density at radius 2 is 1.69 bits per heavy atom. The Balaban J connectivity index is 2.10. The predicted molar refractivity (Wildman–Crippen MR) is 120 cm³/mol. The molecule has 0 N–H and O–H groups in total. The topological polar surface area (TPSA) is 29.7 Å². The van der Waals surface area contributed by atoms with E-state index >= 15 is 0 Å². The lowest BCUT2D eigenvalue weighted by Crippen LogP contribution is -2.32. The summed E-state index contributed by atoms with van der Waals surface area (Å²) in [5.74, 6) is 0.362. The number of benzene rings is 2. The largest absolute Gasteiger partial charge is 0.257 e. The maximum Gasteiger partial charge on any atom is 0.222 e. The molecule has 2 aromatic carbocycles. The van der Waals surface area contributed by atoms with Crippen molar-refractivity contribution in [1.29, 1.82) is 0 Å². The van der Waals surface area contributed by atoms with E-state index in [-0.39, 0.29) is 0 Å². The molecule has 0 spiro atoms. The molecule has 0 bridgehead atoms. The number of fused-ring (bicyclic) bond motifs is 1. The Morgan fingerprint density at radius 1 is 0.931 bits per heavy atom. The summed E-state index contributed by atoms with van der Waals surface area (Å²) in [6.07, 6.45) is 6.06. The number of aryl methyl sites for hydroxylation is 3. The fourth-order valence-corrected chi connectivity index (χ4v) is 4.05. The molecule has 0 atom stereocenters. The second kappa shape index (κ2) is 7.40. The summed E-state index contributed by atoms with van der Waals surface area (Å²) in [6.45, 7) is 10.8. The Kier molecular flexibility index (Phi) is 4.91. The van der Waals surface area contributed by atoms with Gasteiger partial charge in [0.05, 0.1) is 28.7 Å². The summed E-state index contributed by atoms with van der Waals surface area (Å²) < 4.78 is 2.23. The summed E-state index contributed by atoms with van der Waals surface area (Å²) in [7, 11) is 2.12. The van der Waals surface area contributed by atoms with E-state index in [1.54, 1.807) is 0 Å². The van der Waals surface area contributed by atoms with Crippen LogP contribution < -0.4 is 4.57 Å². The molecule has 0 aliphatic heterocycles. The minimum atomic E-state index is 0.362. The third-order valence-corrected chi connectivity index (χ3v) is 5.74. The molecule has 4 aromatic rings. The number of pyridine rings is 1. The molecule has 0 saturated heterocycles. The van der Waals surface area contributed by atoms with Crippen molar-refractivity contribution in [3.63, 3.8) is 0 Å². The van der Waals surface area contributed by atoms with Crippen LogP contribution in [0.4, 0.5) is 0 Å². The highest BCUT2D eigenvalue weighted by molar-refractivity contribution is 6.00. The SMILES string of the molecule is Cc1cc(C)c(C)c(-c2c(-c3cnc(C(C)C)cn3)c3ccccc3c[n+]2C)c1. The van der Waals surface area contributed by atoms with Gasteiger partial charge < -0.3 is 0 Å². The van der Waals surface area contributed by atoms with Crippen molar-refractivity contribution >= 4 is 10.8 Å². The van der Waals surface area contributed by atoms with E-state index in [1.807, 2.05) is 12.4 Å². The van der Waals surface area contributed by atoms with Gasteiger partial charge in [0.1, 0.15) is 7.05 Å². The van der Waals surface area contributed by atoms with Gasteiger partial charge in [-0.1, -0.05) is 43.7 Å². The molecule has 0 unspecified atom stereocenters. The monoisotopic (exact) mass is 382 g/mol. The molecule has 2 heterocycles. The van der Waals surface area contributed by atoms with Gasteiger partial charge in [-0.25, -0.2) is 0 Å². The van der Waals surface area contributed by atoms with Crippen molar-refractivity contribution in [2.24, 2.45) is 7.05 Å². The van der Waals surface area contributed by atoms with Crippen LogP contribution in [0, 0.1) is 20.8 Å². The average molecular weight is 383 g/mol. The molecular weight excluding hydrogens is 354 g/mol. The number of aromatic nitrogens is 3. The maximum absolute atomic E-state index is 4.85. The highest BCUT2D eigenvalue weighted by Crippen LogP contribution is 2.36. The van der Waals surface area contributed by atoms with Crippen LogP contribution in [-0.2, 0) is 7.05 Å². The Bertz CT molecular complexity index is 1210. The molecule has 3 heteroatoms. The van der Waals surface area contributed by atoms with Crippen LogP contribution in [0.2, 0.25) is 0 Å². The quantitative estimate of drug-likeness (QED) is 0.417. The lowest BCUT2D eigenvalue weighted by molar-refractivity contribution is -0.658. The van der Waals surface area contributed by atoms with Gasteiger partial charge in [-0.2, -0.15) is 4.57 Å². The molecule has 0 aliphatic rings. The third kappa shape index (κ3) is 3.42. The van der Waals surface area contributed by atoms with Gasteiger partial charge >= 0.3 is 0 Å². The Hall–Kier alpha value is -3.07. The van der Waals surface area contributed by atoms with Gasteiger partial charge in [0.15, 0.2) is 6.20 Å². The van der Waals surface area contributed by atoms with Crippen LogP contribution in [-0.4, -0.2) is 9.97 Å². The molecule has 0 radical (unpaired) electrons. The zero-order chi connectivity index (χ0) is 20.7. The number of hydrogen-bond acceptors (Lipinski definition) is 2. The first kappa shape index (κ1) is 19.3. The zero-order valence-electron chi connectivity index (χ0n) is 18.1. The summed E-state index contributed by atoms with van der Waals surface area (Å²) in [4.78, 5) is 9.56. The summed E-state index contributed by atoms with van der Waals surface area (Å²) in [6, 6.07) is 13.1. The lowest BCUT2D eigenvalue weighted by atomic mass is 9.91. The summed E-state index contributed by atoms with van der Waals surface area (Å²) in [5, 5.41) is 2.40. The smallest absolute Gasteiger partial charge is 0.222 e. The number of nitrogens with zero attached hydrogens (tertiary/aromatic N) is 3. The molecular formula is C26H28N3+. The second-order valence-corrected chi connectivity index (χ2v) is 8.29. The lowest BCUT2D eigenvalue weighted by Gasteiger charge is -2.15. The summed E-state index contributed by atoms with van der Waals surface area (Å²) in [5.41, 5.74) is 9.37. The van der Waals surface area contributed by atoms with Crippen molar-refractivity contribution in [2.75, 3.05) is 0 Å². The van der Waals surface area contributed by atoms with Gasteiger partial charge in [-0.05, 0) is 49.9 Å². The van der Waals surface area contributed by atoms with Crippen molar-refractivity contribution in [1.82, 2.24) is 9.97 Å². The highest BCUT2D eigenvalue weighted by Gasteiger charge is 2.24. The normalized spacial score (nSPS) is 11.4. The molecule has 29 heavy (non-hydrogen) atoms. The van der Waals surface area contributed by atoms with E-state index in [9.17, 15) is 0 Å². The first-order chi connectivity index (χ1) is 13.9. The van der Waals surface area contributed by atoms with Crippen molar-refractivity contribution in [2.45, 2.75) is 40.5 Å². The van der Waals surface area contributed by atoms with Gasteiger partial charge in [0.25, 0.3) is 0 Å². The molecule has 3 nitrogen and oxygen atoms in total. The van der Waals surface area contributed by atoms with Crippen LogP contribution in [0.1, 0.15) is 42.1 Å². The standard InChI is InChI=1S/C26H28N3/c1-16(2)23-13-28-24(14-27-23)25-21-10-8-7-9-20(21)15-29(6)26(25)22-12-17(3)11-18(4)19(22)5/h7-16H,1-6H3/q+1. The molecule has 4 rings (SSSR count). The molecule has 0 aliphatic carbocycles. The molecule has 0 fully saturated rings. The van der Waals surface area contributed by atoms with Gasteiger partial charge in [0, 0.05) is 17.0 Å². The minimum absolute atomic E-state index is 0.362. The summed E-state index contributed by atoms with van der Waals surface area (Å²) >= 11 is 0.